The van der Waals surface area contributed by atoms with Crippen LogP contribution in [0.5, 0.6) is 5.75 Å². The molecule has 0 fully saturated rings. The van der Waals surface area contributed by atoms with E-state index in [1.54, 1.807) is 18.2 Å². The Balaban J connectivity index is 1.87. The van der Waals surface area contributed by atoms with Gasteiger partial charge >= 0.3 is 6.01 Å². The predicted molar refractivity (Wildman–Crippen MR) is 78.7 cm³/mol. The molecule has 0 radical (unpaired) electrons. The molecule has 106 valence electrons. The third kappa shape index (κ3) is 2.95. The van der Waals surface area contributed by atoms with Crippen LogP contribution < -0.4 is 5.32 Å². The van der Waals surface area contributed by atoms with Gasteiger partial charge in [-0.3, -0.25) is 0 Å². The summed E-state index contributed by atoms with van der Waals surface area (Å²) in [6.45, 7) is 1.88. The first-order chi connectivity index (χ1) is 10.1. The quantitative estimate of drug-likeness (QED) is 0.720. The van der Waals surface area contributed by atoms with Crippen molar-refractivity contribution >= 4 is 23.3 Å². The van der Waals surface area contributed by atoms with Gasteiger partial charge in [-0.1, -0.05) is 22.8 Å². The Labute approximate surface area is 125 Å². The van der Waals surface area contributed by atoms with Gasteiger partial charge in [0.1, 0.15) is 11.4 Å². The van der Waals surface area contributed by atoms with Gasteiger partial charge in [-0.15, -0.1) is 5.10 Å². The third-order valence-electron chi connectivity index (χ3n) is 2.73. The summed E-state index contributed by atoms with van der Waals surface area (Å²) in [5.74, 6) is 0.329. The molecule has 3 aromatic rings. The number of hydrogen-bond acceptors (Lipinski definition) is 6. The van der Waals surface area contributed by atoms with Gasteiger partial charge in [-0.25, -0.2) is 4.98 Å². The van der Waals surface area contributed by atoms with Crippen LogP contribution in [0, 0.1) is 6.92 Å². The number of nitrogens with one attached hydrogen (secondary N) is 1. The smallest absolute Gasteiger partial charge is 0.320 e. The van der Waals surface area contributed by atoms with E-state index < -0.39 is 0 Å². The molecule has 6 nitrogen and oxygen atoms in total. The minimum absolute atomic E-state index is 0.0350. The van der Waals surface area contributed by atoms with E-state index in [2.05, 4.69) is 20.5 Å². The first-order valence-electron chi connectivity index (χ1n) is 6.15. The van der Waals surface area contributed by atoms with Crippen molar-refractivity contribution in [3.8, 4) is 17.3 Å². The maximum atomic E-state index is 9.73. The average Bonchev–Trinajstić information content (AvgIpc) is 2.91. The first-order valence-corrected chi connectivity index (χ1v) is 6.53. The van der Waals surface area contributed by atoms with Crippen LogP contribution in [0.15, 0.2) is 40.8 Å². The zero-order chi connectivity index (χ0) is 14.8. The van der Waals surface area contributed by atoms with Gasteiger partial charge < -0.3 is 14.8 Å². The topological polar surface area (TPSA) is 84.1 Å². The van der Waals surface area contributed by atoms with Crippen molar-refractivity contribution in [1.82, 2.24) is 15.2 Å². The number of aromatic hydroxyl groups is 1. The van der Waals surface area contributed by atoms with Crippen LogP contribution in [-0.2, 0) is 0 Å². The second-order valence-corrected chi connectivity index (χ2v) is 4.80. The highest BCUT2D eigenvalue weighted by Crippen LogP contribution is 2.29. The number of rotatable bonds is 3. The zero-order valence-corrected chi connectivity index (χ0v) is 11.8. The van der Waals surface area contributed by atoms with E-state index in [1.165, 1.54) is 6.07 Å². The molecule has 0 amide bonds. The Morgan fingerprint density at radius 3 is 2.86 bits per heavy atom. The monoisotopic (exact) mass is 302 g/mol. The molecule has 0 saturated carbocycles. The maximum Gasteiger partial charge on any atom is 0.320 e. The Hall–Kier alpha value is -2.60. The van der Waals surface area contributed by atoms with Gasteiger partial charge in [0.2, 0.25) is 0 Å². The number of halogens is 1. The van der Waals surface area contributed by atoms with Crippen LogP contribution in [0.3, 0.4) is 0 Å². The molecule has 0 spiro atoms. The lowest BCUT2D eigenvalue weighted by atomic mass is 10.3. The van der Waals surface area contributed by atoms with Gasteiger partial charge in [0.15, 0.2) is 0 Å². The molecule has 0 aliphatic heterocycles. The van der Waals surface area contributed by atoms with Crippen molar-refractivity contribution in [3.05, 3.63) is 47.1 Å². The van der Waals surface area contributed by atoms with Crippen molar-refractivity contribution in [2.24, 2.45) is 0 Å². The summed E-state index contributed by atoms with van der Waals surface area (Å²) in [5, 5.41) is 20.8. The average molecular weight is 303 g/mol. The van der Waals surface area contributed by atoms with Gasteiger partial charge in [0.05, 0.1) is 5.69 Å². The summed E-state index contributed by atoms with van der Waals surface area (Å²) in [5.41, 5.74) is 1.83. The summed E-state index contributed by atoms with van der Waals surface area (Å²) in [6, 6.07) is 10.3. The molecule has 1 aromatic carbocycles. The second-order valence-electron chi connectivity index (χ2n) is 4.36. The van der Waals surface area contributed by atoms with Crippen LogP contribution in [0.2, 0.25) is 5.02 Å². The summed E-state index contributed by atoms with van der Waals surface area (Å²) in [7, 11) is 0. The Morgan fingerprint density at radius 2 is 2.05 bits per heavy atom. The van der Waals surface area contributed by atoms with E-state index in [0.29, 0.717) is 22.3 Å². The molecular formula is C14H11ClN4O2. The Morgan fingerprint density at radius 1 is 1.19 bits per heavy atom. The molecule has 2 N–H and O–H groups in total. The lowest BCUT2D eigenvalue weighted by Gasteiger charge is -2.04. The first kappa shape index (κ1) is 13.4. The molecule has 0 atom stereocenters. The largest absolute Gasteiger partial charge is 0.506 e. The van der Waals surface area contributed by atoms with Gasteiger partial charge in [-0.05, 0) is 37.3 Å². The number of phenolic OH excluding ortho intramolecular Hbond substituents is 1. The highest BCUT2D eigenvalue weighted by molar-refractivity contribution is 6.30. The summed E-state index contributed by atoms with van der Waals surface area (Å²) in [6.07, 6.45) is 0. The summed E-state index contributed by atoms with van der Waals surface area (Å²) < 4.78 is 5.47. The van der Waals surface area contributed by atoms with Gasteiger partial charge in [-0.2, -0.15) is 0 Å². The maximum absolute atomic E-state index is 9.73. The van der Waals surface area contributed by atoms with Crippen LogP contribution in [0.25, 0.3) is 11.6 Å². The zero-order valence-electron chi connectivity index (χ0n) is 11.0. The molecule has 2 heterocycles. The van der Waals surface area contributed by atoms with E-state index in [1.807, 2.05) is 19.1 Å². The number of benzene rings is 1. The minimum Gasteiger partial charge on any atom is -0.506 e. The van der Waals surface area contributed by atoms with Crippen molar-refractivity contribution in [2.45, 2.75) is 6.92 Å². The molecule has 21 heavy (non-hydrogen) atoms. The van der Waals surface area contributed by atoms with E-state index in [9.17, 15) is 5.11 Å². The lowest BCUT2D eigenvalue weighted by Crippen LogP contribution is -1.90. The molecule has 2 aromatic heterocycles. The Bertz CT molecular complexity index is 788. The van der Waals surface area contributed by atoms with Crippen LogP contribution in [0.4, 0.5) is 11.7 Å². The predicted octanol–water partition coefficient (Wildman–Crippen LogP) is 3.54. The van der Waals surface area contributed by atoms with Gasteiger partial charge in [0.25, 0.3) is 5.89 Å². The Kier molecular flexibility index (Phi) is 3.45. The minimum atomic E-state index is 0.0350. The van der Waals surface area contributed by atoms with E-state index in [-0.39, 0.29) is 11.8 Å². The number of nitrogens with zero attached hydrogens (tertiary/aromatic N) is 3. The molecule has 0 unspecified atom stereocenters. The van der Waals surface area contributed by atoms with Crippen molar-refractivity contribution in [1.29, 1.82) is 0 Å². The lowest BCUT2D eigenvalue weighted by molar-refractivity contribution is 0.477. The molecule has 0 bridgehead atoms. The fraction of sp³-hybridized carbons (Fsp3) is 0.0714. The normalized spacial score (nSPS) is 10.6. The number of aryl methyl sites for hydroxylation is 1. The van der Waals surface area contributed by atoms with Crippen LogP contribution in [0.1, 0.15) is 5.69 Å². The third-order valence-corrected chi connectivity index (χ3v) is 2.97. The highest BCUT2D eigenvalue weighted by atomic mass is 35.5. The van der Waals surface area contributed by atoms with Crippen molar-refractivity contribution in [2.75, 3.05) is 5.32 Å². The number of phenols is 1. The van der Waals surface area contributed by atoms with Crippen LogP contribution >= 0.6 is 11.6 Å². The summed E-state index contributed by atoms with van der Waals surface area (Å²) >= 11 is 5.87. The van der Waals surface area contributed by atoms with E-state index >= 15 is 0 Å². The van der Waals surface area contributed by atoms with Crippen molar-refractivity contribution < 1.29 is 9.52 Å². The number of pyridine rings is 1. The SMILES string of the molecule is Cc1cccc(-c2nnc(Nc3cc(Cl)ccc3O)o2)n1. The highest BCUT2D eigenvalue weighted by Gasteiger charge is 2.11. The number of anilines is 2. The molecule has 0 aliphatic rings. The van der Waals surface area contributed by atoms with E-state index in [4.69, 9.17) is 16.0 Å². The molecule has 3 rings (SSSR count). The second kappa shape index (κ2) is 5.41. The van der Waals surface area contributed by atoms with E-state index in [0.717, 1.165) is 5.69 Å². The molecule has 0 aliphatic carbocycles. The standard InChI is InChI=1S/C14H11ClN4O2/c1-8-3-2-4-10(16-8)13-18-19-14(21-13)17-11-7-9(15)5-6-12(11)20/h2-7,20H,1H3,(H,17,19). The summed E-state index contributed by atoms with van der Waals surface area (Å²) in [4.78, 5) is 4.30. The van der Waals surface area contributed by atoms with Crippen LogP contribution in [-0.4, -0.2) is 20.3 Å². The molecule has 7 heteroatoms. The molecular weight excluding hydrogens is 292 g/mol. The fourth-order valence-electron chi connectivity index (χ4n) is 1.76. The van der Waals surface area contributed by atoms with Gasteiger partial charge in [0, 0.05) is 10.7 Å². The van der Waals surface area contributed by atoms with Crippen molar-refractivity contribution in [3.63, 3.8) is 0 Å². The fourth-order valence-corrected chi connectivity index (χ4v) is 1.94. The number of hydrogen-bond donors (Lipinski definition) is 2. The molecule has 0 saturated heterocycles. The number of aromatic nitrogens is 3.